The van der Waals surface area contributed by atoms with Crippen LogP contribution in [0.4, 0.5) is 11.4 Å². The minimum atomic E-state index is -0.208. The highest BCUT2D eigenvalue weighted by Gasteiger charge is 2.27. The van der Waals surface area contributed by atoms with Crippen molar-refractivity contribution in [1.29, 1.82) is 0 Å². The quantitative estimate of drug-likeness (QED) is 0.265. The Morgan fingerprint density at radius 1 is 0.875 bits per heavy atom. The molecule has 0 bridgehead atoms. The van der Waals surface area contributed by atoms with E-state index in [0.717, 1.165) is 21.2 Å². The molecule has 0 fully saturated rings. The van der Waals surface area contributed by atoms with E-state index in [4.69, 9.17) is 39.2 Å². The molecule has 0 aliphatic carbocycles. The van der Waals surface area contributed by atoms with Gasteiger partial charge in [0.05, 0.1) is 21.4 Å². The summed E-state index contributed by atoms with van der Waals surface area (Å²) in [5.41, 5.74) is 2.25. The molecule has 32 heavy (non-hydrogen) atoms. The lowest BCUT2D eigenvalue weighted by atomic mass is 10.2. The summed E-state index contributed by atoms with van der Waals surface area (Å²) in [7, 11) is 0. The van der Waals surface area contributed by atoms with Crippen LogP contribution in [0.15, 0.2) is 93.1 Å². The summed E-state index contributed by atoms with van der Waals surface area (Å²) in [5, 5.41) is 1.44. The van der Waals surface area contributed by atoms with Crippen LogP contribution in [0, 0.1) is 0 Å². The fourth-order valence-electron chi connectivity index (χ4n) is 3.47. The normalized spacial score (nSPS) is 12.7. The number of anilines is 2. The zero-order chi connectivity index (χ0) is 22.2. The molecule has 3 aromatic carbocycles. The highest BCUT2D eigenvalue weighted by atomic mass is 35.5. The van der Waals surface area contributed by atoms with Gasteiger partial charge >= 0.3 is 0 Å². The molecule has 1 aromatic heterocycles. The lowest BCUT2D eigenvalue weighted by Gasteiger charge is -2.30. The molecule has 0 radical (unpaired) electrons. The molecule has 2 heterocycles. The summed E-state index contributed by atoms with van der Waals surface area (Å²) >= 11 is 20.2. The van der Waals surface area contributed by atoms with Crippen molar-refractivity contribution in [3.63, 3.8) is 0 Å². The molecular formula is C25H14Cl3NO2S. The molecule has 0 unspecified atom stereocenters. The van der Waals surface area contributed by atoms with Gasteiger partial charge in [-0.25, -0.2) is 0 Å². The van der Waals surface area contributed by atoms with E-state index in [0.29, 0.717) is 32.2 Å². The van der Waals surface area contributed by atoms with Crippen molar-refractivity contribution >= 4 is 69.9 Å². The standard InChI is InChI=1S/C25H14Cl3NO2S/c26-15-8-12-23-20(14-15)29(19-6-1-2-7-22(19)32-23)24(30)13-10-16-9-11-21(31-16)17-4-3-5-18(27)25(17)28/h1-14H/b13-10+. The molecule has 5 rings (SSSR count). The van der Waals surface area contributed by atoms with Gasteiger partial charge in [-0.3, -0.25) is 9.69 Å². The first kappa shape index (κ1) is 21.2. The Kier molecular flexibility index (Phi) is 5.78. The van der Waals surface area contributed by atoms with Gasteiger partial charge in [-0.15, -0.1) is 0 Å². The Bertz CT molecular complexity index is 1380. The number of benzene rings is 3. The summed E-state index contributed by atoms with van der Waals surface area (Å²) < 4.78 is 5.88. The first-order chi connectivity index (χ1) is 15.5. The van der Waals surface area contributed by atoms with E-state index >= 15 is 0 Å². The lowest BCUT2D eigenvalue weighted by Crippen LogP contribution is -2.26. The van der Waals surface area contributed by atoms with Gasteiger partial charge in [0.1, 0.15) is 11.5 Å². The fraction of sp³-hybridized carbons (Fsp3) is 0. The van der Waals surface area contributed by atoms with Crippen LogP contribution in [-0.4, -0.2) is 5.91 Å². The lowest BCUT2D eigenvalue weighted by molar-refractivity contribution is -0.113. The van der Waals surface area contributed by atoms with Gasteiger partial charge in [-0.05, 0) is 60.7 Å². The summed E-state index contributed by atoms with van der Waals surface area (Å²) in [5.74, 6) is 0.886. The third kappa shape index (κ3) is 3.96. The Balaban J connectivity index is 1.47. The number of nitrogens with zero attached hydrogens (tertiary/aromatic N) is 1. The number of amides is 1. The van der Waals surface area contributed by atoms with Crippen molar-refractivity contribution in [2.75, 3.05) is 4.90 Å². The second-order valence-corrected chi connectivity index (χ2v) is 9.30. The van der Waals surface area contributed by atoms with Crippen molar-refractivity contribution < 1.29 is 9.21 Å². The smallest absolute Gasteiger partial charge is 0.255 e. The summed E-state index contributed by atoms with van der Waals surface area (Å²) in [4.78, 5) is 16.9. The molecule has 0 saturated heterocycles. The number of para-hydroxylation sites is 1. The van der Waals surface area contributed by atoms with Crippen LogP contribution < -0.4 is 4.90 Å². The van der Waals surface area contributed by atoms with Crippen LogP contribution >= 0.6 is 46.6 Å². The van der Waals surface area contributed by atoms with E-state index in [-0.39, 0.29) is 5.91 Å². The first-order valence-corrected chi connectivity index (χ1v) is 11.6. The van der Waals surface area contributed by atoms with Crippen molar-refractivity contribution in [3.05, 3.63) is 99.7 Å². The van der Waals surface area contributed by atoms with E-state index in [9.17, 15) is 4.79 Å². The van der Waals surface area contributed by atoms with Crippen LogP contribution in [0.25, 0.3) is 17.4 Å². The van der Waals surface area contributed by atoms with Crippen LogP contribution in [0.2, 0.25) is 15.1 Å². The maximum atomic E-state index is 13.3. The topological polar surface area (TPSA) is 33.5 Å². The van der Waals surface area contributed by atoms with E-state index in [2.05, 4.69) is 0 Å². The molecule has 1 amide bonds. The molecule has 3 nitrogen and oxygen atoms in total. The Labute approximate surface area is 204 Å². The zero-order valence-corrected chi connectivity index (χ0v) is 19.5. The third-order valence-electron chi connectivity index (χ3n) is 4.94. The van der Waals surface area contributed by atoms with E-state index in [1.165, 1.54) is 6.08 Å². The highest BCUT2D eigenvalue weighted by molar-refractivity contribution is 7.99. The van der Waals surface area contributed by atoms with Crippen molar-refractivity contribution in [2.24, 2.45) is 0 Å². The Morgan fingerprint density at radius 2 is 1.69 bits per heavy atom. The average molecular weight is 499 g/mol. The van der Waals surface area contributed by atoms with Crippen LogP contribution in [0.5, 0.6) is 0 Å². The Hall–Kier alpha value is -2.63. The molecule has 158 valence electrons. The third-order valence-corrected chi connectivity index (χ3v) is 7.13. The number of furan rings is 1. The molecular weight excluding hydrogens is 485 g/mol. The number of carbonyl (C=O) groups excluding carboxylic acids is 1. The van der Waals surface area contributed by atoms with Gasteiger partial charge in [-0.1, -0.05) is 64.8 Å². The van der Waals surface area contributed by atoms with Crippen molar-refractivity contribution in [2.45, 2.75) is 9.79 Å². The van der Waals surface area contributed by atoms with Gasteiger partial charge in [0, 0.05) is 26.5 Å². The minimum absolute atomic E-state index is 0.208. The number of halogens is 3. The number of hydrogen-bond acceptors (Lipinski definition) is 3. The van der Waals surface area contributed by atoms with Crippen molar-refractivity contribution in [1.82, 2.24) is 0 Å². The molecule has 0 atom stereocenters. The Morgan fingerprint density at radius 3 is 2.56 bits per heavy atom. The van der Waals surface area contributed by atoms with E-state index in [1.807, 2.05) is 42.5 Å². The first-order valence-electron chi connectivity index (χ1n) is 9.64. The maximum absolute atomic E-state index is 13.3. The molecule has 0 saturated carbocycles. The monoisotopic (exact) mass is 497 g/mol. The van der Waals surface area contributed by atoms with Gasteiger partial charge in [0.2, 0.25) is 0 Å². The van der Waals surface area contributed by atoms with Crippen molar-refractivity contribution in [3.8, 4) is 11.3 Å². The van der Waals surface area contributed by atoms with Crippen LogP contribution in [-0.2, 0) is 4.79 Å². The number of rotatable bonds is 3. The highest BCUT2D eigenvalue weighted by Crippen LogP contribution is 2.48. The molecule has 0 N–H and O–H groups in total. The molecule has 7 heteroatoms. The van der Waals surface area contributed by atoms with Crippen LogP contribution in [0.3, 0.4) is 0 Å². The largest absolute Gasteiger partial charge is 0.457 e. The fourth-order valence-corrected chi connectivity index (χ4v) is 5.07. The predicted molar refractivity (Wildman–Crippen MR) is 132 cm³/mol. The summed E-state index contributed by atoms with van der Waals surface area (Å²) in [6.07, 6.45) is 3.12. The van der Waals surface area contributed by atoms with Gasteiger partial charge in [0.15, 0.2) is 0 Å². The van der Waals surface area contributed by atoms with Gasteiger partial charge < -0.3 is 4.42 Å². The van der Waals surface area contributed by atoms with Crippen LogP contribution in [0.1, 0.15) is 5.76 Å². The summed E-state index contributed by atoms with van der Waals surface area (Å²) in [6.45, 7) is 0. The number of carbonyl (C=O) groups is 1. The predicted octanol–water partition coefficient (Wildman–Crippen LogP) is 8.75. The maximum Gasteiger partial charge on any atom is 0.255 e. The van der Waals surface area contributed by atoms with Gasteiger partial charge in [-0.2, -0.15) is 0 Å². The second-order valence-electron chi connectivity index (χ2n) is 6.99. The molecule has 1 aliphatic rings. The zero-order valence-electron chi connectivity index (χ0n) is 16.4. The molecule has 0 spiro atoms. The molecule has 4 aromatic rings. The van der Waals surface area contributed by atoms with Gasteiger partial charge in [0.25, 0.3) is 5.91 Å². The minimum Gasteiger partial charge on any atom is -0.457 e. The average Bonchev–Trinajstić information content (AvgIpc) is 3.26. The number of fused-ring (bicyclic) bond motifs is 2. The van der Waals surface area contributed by atoms with E-state index < -0.39 is 0 Å². The van der Waals surface area contributed by atoms with E-state index in [1.54, 1.807) is 53.1 Å². The number of hydrogen-bond donors (Lipinski definition) is 0. The summed E-state index contributed by atoms with van der Waals surface area (Å²) in [6, 6.07) is 22.3. The second kappa shape index (κ2) is 8.72. The SMILES string of the molecule is O=C(/C=C/c1ccc(-c2cccc(Cl)c2Cl)o1)N1c2ccccc2Sc2ccc(Cl)cc21. The molecule has 1 aliphatic heterocycles.